The molecule has 4 nitrogen and oxygen atoms in total. The lowest BCUT2D eigenvalue weighted by Gasteiger charge is -2.14. The maximum Gasteiger partial charge on any atom is 0.355 e. The van der Waals surface area contributed by atoms with E-state index in [0.717, 1.165) is 24.5 Å². The lowest BCUT2D eigenvalue weighted by Crippen LogP contribution is -2.18. The Balaban J connectivity index is 2.61. The molecule has 5 heteroatoms. The highest BCUT2D eigenvalue weighted by Gasteiger charge is 2.10. The molecule has 0 aromatic carbocycles. The molecule has 1 N–H and O–H groups in total. The van der Waals surface area contributed by atoms with Crippen LogP contribution >= 0.6 is 11.3 Å². The van der Waals surface area contributed by atoms with Crippen molar-refractivity contribution in [2.24, 2.45) is 0 Å². The van der Waals surface area contributed by atoms with Gasteiger partial charge in [-0.1, -0.05) is 13.3 Å². The Kier molecular flexibility index (Phi) is 3.88. The van der Waals surface area contributed by atoms with Gasteiger partial charge in [-0.3, -0.25) is 0 Å². The fraction of sp³-hybridized carbons (Fsp3) is 0.556. The molecule has 0 amide bonds. The molecule has 0 saturated carbocycles. The third-order valence-corrected chi connectivity index (χ3v) is 2.84. The molecule has 1 heterocycles. The van der Waals surface area contributed by atoms with Crippen molar-refractivity contribution < 1.29 is 9.90 Å². The number of carboxylic acid groups (broad SMARTS) is 1. The molecule has 0 aliphatic carbocycles. The summed E-state index contributed by atoms with van der Waals surface area (Å²) in [6.07, 6.45) is 2.22. The number of carboxylic acids is 1. The highest BCUT2D eigenvalue weighted by atomic mass is 32.1. The minimum Gasteiger partial charge on any atom is -0.476 e. The fourth-order valence-electron chi connectivity index (χ4n) is 1.03. The van der Waals surface area contributed by atoms with Gasteiger partial charge in [0.25, 0.3) is 0 Å². The smallest absolute Gasteiger partial charge is 0.355 e. The van der Waals surface area contributed by atoms with Crippen molar-refractivity contribution in [3.8, 4) is 0 Å². The Morgan fingerprint density at radius 2 is 2.43 bits per heavy atom. The molecule has 14 heavy (non-hydrogen) atoms. The topological polar surface area (TPSA) is 53.4 Å². The van der Waals surface area contributed by atoms with E-state index in [0.29, 0.717) is 0 Å². The molecule has 1 rings (SSSR count). The molecule has 0 fully saturated rings. The average molecular weight is 214 g/mol. The molecule has 0 aliphatic heterocycles. The zero-order valence-corrected chi connectivity index (χ0v) is 9.17. The fourth-order valence-corrected chi connectivity index (χ4v) is 1.82. The maximum absolute atomic E-state index is 10.6. The molecule has 0 bridgehead atoms. The lowest BCUT2D eigenvalue weighted by atomic mass is 10.3. The highest BCUT2D eigenvalue weighted by Crippen LogP contribution is 2.19. The van der Waals surface area contributed by atoms with Crippen molar-refractivity contribution in [3.63, 3.8) is 0 Å². The van der Waals surface area contributed by atoms with Gasteiger partial charge in [0, 0.05) is 19.0 Å². The number of hydrogen-bond donors (Lipinski definition) is 1. The molecular formula is C9H14N2O2S. The van der Waals surface area contributed by atoms with Crippen molar-refractivity contribution in [1.29, 1.82) is 0 Å². The first-order chi connectivity index (χ1) is 6.65. The lowest BCUT2D eigenvalue weighted by molar-refractivity contribution is 0.0691. The summed E-state index contributed by atoms with van der Waals surface area (Å²) in [5.74, 6) is -0.962. The number of carbonyl (C=O) groups is 1. The third kappa shape index (κ3) is 2.70. The Bertz CT molecular complexity index is 312. The number of aromatic nitrogens is 1. The summed E-state index contributed by atoms with van der Waals surface area (Å²) in [7, 11) is 1.93. The van der Waals surface area contributed by atoms with Gasteiger partial charge in [0.15, 0.2) is 10.8 Å². The SMILES string of the molecule is CCCCN(C)c1nc(C(=O)O)cs1. The van der Waals surface area contributed by atoms with Gasteiger partial charge in [0.05, 0.1) is 0 Å². The maximum atomic E-state index is 10.6. The van der Waals surface area contributed by atoms with E-state index >= 15 is 0 Å². The van der Waals surface area contributed by atoms with Crippen molar-refractivity contribution >= 4 is 22.4 Å². The van der Waals surface area contributed by atoms with Crippen molar-refractivity contribution in [1.82, 2.24) is 4.98 Å². The zero-order chi connectivity index (χ0) is 10.6. The van der Waals surface area contributed by atoms with Crippen molar-refractivity contribution in [3.05, 3.63) is 11.1 Å². The second-order valence-electron chi connectivity index (χ2n) is 3.10. The summed E-state index contributed by atoms with van der Waals surface area (Å²) in [6, 6.07) is 0. The number of thiazole rings is 1. The Morgan fingerprint density at radius 1 is 1.71 bits per heavy atom. The highest BCUT2D eigenvalue weighted by molar-refractivity contribution is 7.13. The number of unbranched alkanes of at least 4 members (excludes halogenated alkanes) is 1. The van der Waals surface area contributed by atoms with E-state index < -0.39 is 5.97 Å². The number of aromatic carboxylic acids is 1. The van der Waals surface area contributed by atoms with Crippen LogP contribution in [0.15, 0.2) is 5.38 Å². The van der Waals surface area contributed by atoms with Crippen LogP contribution in [0.1, 0.15) is 30.3 Å². The standard InChI is InChI=1S/C9H14N2O2S/c1-3-4-5-11(2)9-10-7(6-14-9)8(12)13/h6H,3-5H2,1-2H3,(H,12,13). The molecule has 0 atom stereocenters. The molecule has 0 aliphatic rings. The number of anilines is 1. The molecule has 78 valence electrons. The van der Waals surface area contributed by atoms with E-state index in [1.54, 1.807) is 5.38 Å². The van der Waals surface area contributed by atoms with Crippen LogP contribution in [0.5, 0.6) is 0 Å². The largest absolute Gasteiger partial charge is 0.476 e. The van der Waals surface area contributed by atoms with Gasteiger partial charge in [0.1, 0.15) is 0 Å². The molecular weight excluding hydrogens is 200 g/mol. The van der Waals surface area contributed by atoms with E-state index in [1.165, 1.54) is 11.3 Å². The minimum atomic E-state index is -0.962. The second kappa shape index (κ2) is 4.95. The van der Waals surface area contributed by atoms with Crippen LogP contribution < -0.4 is 4.90 Å². The monoisotopic (exact) mass is 214 g/mol. The molecule has 1 aromatic rings. The summed E-state index contributed by atoms with van der Waals surface area (Å²) in [6.45, 7) is 3.04. The molecule has 1 aromatic heterocycles. The van der Waals surface area contributed by atoms with Gasteiger partial charge in [-0.15, -0.1) is 11.3 Å². The first kappa shape index (κ1) is 11.0. The van der Waals surface area contributed by atoms with Gasteiger partial charge in [-0.05, 0) is 6.42 Å². The quantitative estimate of drug-likeness (QED) is 0.815. The van der Waals surface area contributed by atoms with Crippen LogP contribution in [0, 0.1) is 0 Å². The first-order valence-electron chi connectivity index (χ1n) is 4.55. The van der Waals surface area contributed by atoms with Gasteiger partial charge in [0.2, 0.25) is 0 Å². The number of rotatable bonds is 5. The van der Waals surface area contributed by atoms with Crippen LogP contribution in [0.3, 0.4) is 0 Å². The summed E-state index contributed by atoms with van der Waals surface area (Å²) < 4.78 is 0. The van der Waals surface area contributed by atoms with Crippen molar-refractivity contribution in [2.75, 3.05) is 18.5 Å². The third-order valence-electron chi connectivity index (χ3n) is 1.88. The number of hydrogen-bond acceptors (Lipinski definition) is 4. The van der Waals surface area contributed by atoms with Crippen LogP contribution in [-0.4, -0.2) is 29.7 Å². The second-order valence-corrected chi connectivity index (χ2v) is 3.93. The van der Waals surface area contributed by atoms with E-state index in [1.807, 2.05) is 11.9 Å². The van der Waals surface area contributed by atoms with Crippen LogP contribution in [0.25, 0.3) is 0 Å². The normalized spacial score (nSPS) is 10.1. The predicted molar refractivity (Wildman–Crippen MR) is 57.3 cm³/mol. The summed E-state index contributed by atoms with van der Waals surface area (Å²) in [4.78, 5) is 16.6. The molecule has 0 spiro atoms. The van der Waals surface area contributed by atoms with E-state index in [4.69, 9.17) is 5.11 Å². The first-order valence-corrected chi connectivity index (χ1v) is 5.43. The summed E-state index contributed by atoms with van der Waals surface area (Å²) in [5, 5.41) is 11.0. The van der Waals surface area contributed by atoms with E-state index in [-0.39, 0.29) is 5.69 Å². The van der Waals surface area contributed by atoms with Gasteiger partial charge >= 0.3 is 5.97 Å². The van der Waals surface area contributed by atoms with Crippen LogP contribution in [0.4, 0.5) is 5.13 Å². The van der Waals surface area contributed by atoms with Gasteiger partial charge in [-0.2, -0.15) is 0 Å². The van der Waals surface area contributed by atoms with Crippen LogP contribution in [0.2, 0.25) is 0 Å². The van der Waals surface area contributed by atoms with Crippen LogP contribution in [-0.2, 0) is 0 Å². The Labute approximate surface area is 87.2 Å². The summed E-state index contributed by atoms with van der Waals surface area (Å²) in [5.41, 5.74) is 0.133. The van der Waals surface area contributed by atoms with Gasteiger partial charge in [-0.25, -0.2) is 9.78 Å². The Hall–Kier alpha value is -1.10. The molecule has 0 saturated heterocycles. The van der Waals surface area contributed by atoms with E-state index in [2.05, 4.69) is 11.9 Å². The van der Waals surface area contributed by atoms with E-state index in [9.17, 15) is 4.79 Å². The zero-order valence-electron chi connectivity index (χ0n) is 8.36. The average Bonchev–Trinajstić information content (AvgIpc) is 2.62. The van der Waals surface area contributed by atoms with Gasteiger partial charge < -0.3 is 10.0 Å². The molecule has 0 radical (unpaired) electrons. The molecule has 0 unspecified atom stereocenters. The minimum absolute atomic E-state index is 0.133. The predicted octanol–water partition coefficient (Wildman–Crippen LogP) is 2.08. The van der Waals surface area contributed by atoms with Crippen molar-refractivity contribution in [2.45, 2.75) is 19.8 Å². The summed E-state index contributed by atoms with van der Waals surface area (Å²) >= 11 is 1.37. The Morgan fingerprint density at radius 3 is 2.93 bits per heavy atom. The number of nitrogens with zero attached hydrogens (tertiary/aromatic N) is 2.